The molecule has 0 aliphatic heterocycles. The molecule has 0 aliphatic rings. The molecule has 0 saturated carbocycles. The number of rotatable bonds is 4. The Morgan fingerprint density at radius 2 is 2.00 bits per heavy atom. The molecule has 0 unspecified atom stereocenters. The van der Waals surface area contributed by atoms with Crippen molar-refractivity contribution in [2.24, 2.45) is 7.05 Å². The predicted octanol–water partition coefficient (Wildman–Crippen LogP) is 2.19. The van der Waals surface area contributed by atoms with Crippen LogP contribution in [0, 0.1) is 0 Å². The molecular weight excluding hydrogens is 266 g/mol. The SMILES string of the molecule is Cn1nnnc1-c1cccc(NCc2ccccc2O)c1. The van der Waals surface area contributed by atoms with Crippen LogP contribution in [-0.4, -0.2) is 25.3 Å². The number of nitrogens with one attached hydrogen (secondary N) is 1. The number of phenolic OH excluding ortho intramolecular Hbond substituents is 1. The van der Waals surface area contributed by atoms with E-state index in [0.29, 0.717) is 18.1 Å². The van der Waals surface area contributed by atoms with Gasteiger partial charge in [0, 0.05) is 30.4 Å². The van der Waals surface area contributed by atoms with E-state index in [-0.39, 0.29) is 0 Å². The molecule has 2 aromatic carbocycles. The Morgan fingerprint density at radius 3 is 2.76 bits per heavy atom. The summed E-state index contributed by atoms with van der Waals surface area (Å²) in [6.45, 7) is 0.549. The van der Waals surface area contributed by atoms with Crippen LogP contribution in [-0.2, 0) is 13.6 Å². The van der Waals surface area contributed by atoms with E-state index in [2.05, 4.69) is 20.8 Å². The number of benzene rings is 2. The van der Waals surface area contributed by atoms with Crippen molar-refractivity contribution in [3.05, 3.63) is 54.1 Å². The van der Waals surface area contributed by atoms with E-state index in [9.17, 15) is 5.11 Å². The van der Waals surface area contributed by atoms with Gasteiger partial charge in [0.05, 0.1) is 0 Å². The van der Waals surface area contributed by atoms with Crippen LogP contribution in [0.1, 0.15) is 5.56 Å². The van der Waals surface area contributed by atoms with Crippen LogP contribution in [0.2, 0.25) is 0 Å². The molecule has 1 aromatic heterocycles. The van der Waals surface area contributed by atoms with Crippen molar-refractivity contribution in [1.29, 1.82) is 0 Å². The zero-order chi connectivity index (χ0) is 14.7. The lowest BCUT2D eigenvalue weighted by Gasteiger charge is -2.09. The molecule has 0 spiro atoms. The second-order valence-corrected chi connectivity index (χ2v) is 4.69. The number of tetrazole rings is 1. The van der Waals surface area contributed by atoms with Crippen molar-refractivity contribution >= 4 is 5.69 Å². The van der Waals surface area contributed by atoms with E-state index < -0.39 is 0 Å². The molecule has 2 N–H and O–H groups in total. The van der Waals surface area contributed by atoms with Gasteiger partial charge in [0.1, 0.15) is 5.75 Å². The summed E-state index contributed by atoms with van der Waals surface area (Å²) in [6, 6.07) is 15.1. The monoisotopic (exact) mass is 281 g/mol. The van der Waals surface area contributed by atoms with Gasteiger partial charge >= 0.3 is 0 Å². The fourth-order valence-corrected chi connectivity index (χ4v) is 2.10. The number of anilines is 1. The zero-order valence-corrected chi connectivity index (χ0v) is 11.6. The fourth-order valence-electron chi connectivity index (χ4n) is 2.10. The predicted molar refractivity (Wildman–Crippen MR) is 79.7 cm³/mol. The van der Waals surface area contributed by atoms with E-state index in [1.165, 1.54) is 0 Å². The molecule has 0 bridgehead atoms. The van der Waals surface area contributed by atoms with Crippen LogP contribution in [0.3, 0.4) is 0 Å². The molecule has 0 aliphatic carbocycles. The third-order valence-corrected chi connectivity index (χ3v) is 3.22. The van der Waals surface area contributed by atoms with Crippen LogP contribution in [0.5, 0.6) is 5.75 Å². The second-order valence-electron chi connectivity index (χ2n) is 4.69. The molecule has 0 amide bonds. The highest BCUT2D eigenvalue weighted by molar-refractivity contribution is 5.62. The van der Waals surface area contributed by atoms with Crippen molar-refractivity contribution in [2.75, 3.05) is 5.32 Å². The van der Waals surface area contributed by atoms with E-state index in [0.717, 1.165) is 16.8 Å². The molecule has 0 radical (unpaired) electrons. The number of hydrogen-bond donors (Lipinski definition) is 2. The van der Waals surface area contributed by atoms with E-state index >= 15 is 0 Å². The lowest BCUT2D eigenvalue weighted by Crippen LogP contribution is -2.00. The first-order chi connectivity index (χ1) is 10.2. The van der Waals surface area contributed by atoms with Gasteiger partial charge in [-0.2, -0.15) is 0 Å². The van der Waals surface area contributed by atoms with Gasteiger partial charge in [-0.1, -0.05) is 30.3 Å². The number of aromatic hydroxyl groups is 1. The molecule has 6 nitrogen and oxygen atoms in total. The zero-order valence-electron chi connectivity index (χ0n) is 11.6. The third-order valence-electron chi connectivity index (χ3n) is 3.22. The highest BCUT2D eigenvalue weighted by Gasteiger charge is 2.06. The Hall–Kier alpha value is -2.89. The molecule has 0 fully saturated rings. The number of nitrogens with zero attached hydrogens (tertiary/aromatic N) is 4. The number of para-hydroxylation sites is 1. The van der Waals surface area contributed by atoms with Crippen LogP contribution in [0.25, 0.3) is 11.4 Å². The van der Waals surface area contributed by atoms with Crippen LogP contribution in [0.15, 0.2) is 48.5 Å². The molecule has 21 heavy (non-hydrogen) atoms. The average molecular weight is 281 g/mol. The summed E-state index contributed by atoms with van der Waals surface area (Å²) >= 11 is 0. The molecule has 3 aromatic rings. The molecule has 106 valence electrons. The standard InChI is InChI=1S/C15H15N5O/c1-20-15(17-18-19-20)11-6-4-7-13(9-11)16-10-12-5-2-3-8-14(12)21/h2-9,16,21H,10H2,1H3. The summed E-state index contributed by atoms with van der Waals surface area (Å²) in [5.74, 6) is 1.000. The highest BCUT2D eigenvalue weighted by atomic mass is 16.3. The third kappa shape index (κ3) is 2.84. The summed E-state index contributed by atoms with van der Waals surface area (Å²) in [4.78, 5) is 0. The van der Waals surface area contributed by atoms with Gasteiger partial charge in [-0.15, -0.1) is 5.10 Å². The van der Waals surface area contributed by atoms with Crippen molar-refractivity contribution < 1.29 is 5.11 Å². The Labute approximate surface area is 122 Å². The van der Waals surface area contributed by atoms with Crippen molar-refractivity contribution in [3.63, 3.8) is 0 Å². The number of hydrogen-bond acceptors (Lipinski definition) is 5. The van der Waals surface area contributed by atoms with E-state index in [1.54, 1.807) is 23.9 Å². The number of aromatic nitrogens is 4. The molecule has 6 heteroatoms. The van der Waals surface area contributed by atoms with Gasteiger partial charge in [0.25, 0.3) is 0 Å². The minimum absolute atomic E-state index is 0.290. The van der Waals surface area contributed by atoms with Gasteiger partial charge in [-0.25, -0.2) is 4.68 Å². The van der Waals surface area contributed by atoms with E-state index in [1.807, 2.05) is 36.4 Å². The minimum atomic E-state index is 0.290. The first-order valence-corrected chi connectivity index (χ1v) is 6.57. The average Bonchev–Trinajstić information content (AvgIpc) is 2.93. The highest BCUT2D eigenvalue weighted by Crippen LogP contribution is 2.21. The largest absolute Gasteiger partial charge is 0.508 e. The quantitative estimate of drug-likeness (QED) is 0.766. The normalized spacial score (nSPS) is 10.5. The lowest BCUT2D eigenvalue weighted by atomic mass is 10.1. The maximum Gasteiger partial charge on any atom is 0.181 e. The number of phenols is 1. The molecule has 3 rings (SSSR count). The van der Waals surface area contributed by atoms with Crippen LogP contribution < -0.4 is 5.32 Å². The van der Waals surface area contributed by atoms with Crippen molar-refractivity contribution in [3.8, 4) is 17.1 Å². The maximum absolute atomic E-state index is 9.76. The Morgan fingerprint density at radius 1 is 1.14 bits per heavy atom. The fraction of sp³-hybridized carbons (Fsp3) is 0.133. The molecule has 0 saturated heterocycles. The second kappa shape index (κ2) is 5.62. The lowest BCUT2D eigenvalue weighted by molar-refractivity contribution is 0.469. The van der Waals surface area contributed by atoms with Gasteiger partial charge in [0.15, 0.2) is 5.82 Å². The summed E-state index contributed by atoms with van der Waals surface area (Å²) in [5.41, 5.74) is 2.73. The molecule has 1 heterocycles. The smallest absolute Gasteiger partial charge is 0.181 e. The van der Waals surface area contributed by atoms with E-state index in [4.69, 9.17) is 0 Å². The summed E-state index contributed by atoms with van der Waals surface area (Å²) < 4.78 is 1.63. The molecular formula is C15H15N5O. The Kier molecular flexibility index (Phi) is 3.51. The topological polar surface area (TPSA) is 75.9 Å². The van der Waals surface area contributed by atoms with Gasteiger partial charge in [-0.05, 0) is 28.6 Å². The first kappa shape index (κ1) is 13.1. The van der Waals surface area contributed by atoms with Crippen LogP contribution in [0.4, 0.5) is 5.69 Å². The van der Waals surface area contributed by atoms with Crippen LogP contribution >= 0.6 is 0 Å². The van der Waals surface area contributed by atoms with Gasteiger partial charge < -0.3 is 10.4 Å². The Bertz CT molecular complexity index is 753. The Balaban J connectivity index is 1.78. The van der Waals surface area contributed by atoms with Gasteiger partial charge in [-0.3, -0.25) is 0 Å². The number of aryl methyl sites for hydroxylation is 1. The summed E-state index contributed by atoms with van der Waals surface area (Å²) in [7, 11) is 1.80. The van der Waals surface area contributed by atoms with Crippen molar-refractivity contribution in [2.45, 2.75) is 6.54 Å². The first-order valence-electron chi connectivity index (χ1n) is 6.57. The summed E-state index contributed by atoms with van der Waals surface area (Å²) in [5, 5.41) is 24.5. The minimum Gasteiger partial charge on any atom is -0.508 e. The molecule has 0 atom stereocenters. The summed E-state index contributed by atoms with van der Waals surface area (Å²) in [6.07, 6.45) is 0. The maximum atomic E-state index is 9.76. The van der Waals surface area contributed by atoms with Crippen molar-refractivity contribution in [1.82, 2.24) is 20.2 Å². The van der Waals surface area contributed by atoms with Gasteiger partial charge in [0.2, 0.25) is 0 Å².